The van der Waals surface area contributed by atoms with E-state index in [2.05, 4.69) is 10.1 Å². The average Bonchev–Trinajstić information content (AvgIpc) is 2.64. The SMILES string of the molecule is CCC(C(=O)Nc1ccc(C(=O)OC)cc1)N(c1cccc(Cl)c1)S(C)(=O)=O. The van der Waals surface area contributed by atoms with E-state index in [0.717, 1.165) is 10.6 Å². The van der Waals surface area contributed by atoms with E-state index < -0.39 is 27.9 Å². The number of hydrogen-bond acceptors (Lipinski definition) is 5. The van der Waals surface area contributed by atoms with Crippen molar-refractivity contribution in [1.82, 2.24) is 0 Å². The van der Waals surface area contributed by atoms with Crippen molar-refractivity contribution in [2.45, 2.75) is 19.4 Å². The average molecular weight is 425 g/mol. The Labute approximate surface area is 169 Å². The second-order valence-corrected chi connectivity index (χ2v) is 8.32. The molecule has 0 saturated carbocycles. The first-order chi connectivity index (χ1) is 13.2. The van der Waals surface area contributed by atoms with E-state index in [0.29, 0.717) is 22.0 Å². The molecule has 2 rings (SSSR count). The predicted molar refractivity (Wildman–Crippen MR) is 109 cm³/mol. The van der Waals surface area contributed by atoms with Gasteiger partial charge in [-0.25, -0.2) is 13.2 Å². The smallest absolute Gasteiger partial charge is 0.337 e. The molecule has 9 heteroatoms. The summed E-state index contributed by atoms with van der Waals surface area (Å²) in [5.74, 6) is -0.993. The van der Waals surface area contributed by atoms with Crippen molar-refractivity contribution >= 4 is 44.9 Å². The zero-order valence-corrected chi connectivity index (χ0v) is 17.3. The van der Waals surface area contributed by atoms with Gasteiger partial charge in [0, 0.05) is 10.7 Å². The van der Waals surface area contributed by atoms with Crippen LogP contribution in [0.1, 0.15) is 23.7 Å². The minimum absolute atomic E-state index is 0.242. The summed E-state index contributed by atoms with van der Waals surface area (Å²) in [6, 6.07) is 11.4. The number of anilines is 2. The third-order valence-electron chi connectivity index (χ3n) is 3.97. The number of methoxy groups -OCH3 is 1. The summed E-state index contributed by atoms with van der Waals surface area (Å²) in [4.78, 5) is 24.3. The van der Waals surface area contributed by atoms with Crippen LogP contribution in [0.2, 0.25) is 5.02 Å². The fourth-order valence-corrected chi connectivity index (χ4v) is 4.09. The lowest BCUT2D eigenvalue weighted by Gasteiger charge is -2.30. The molecule has 0 aromatic heterocycles. The second-order valence-electron chi connectivity index (χ2n) is 6.02. The minimum atomic E-state index is -3.75. The number of benzene rings is 2. The standard InChI is InChI=1S/C19H21ClN2O5S/c1-4-17(22(28(3,25)26)16-7-5-6-14(20)12-16)18(23)21-15-10-8-13(9-11-15)19(24)27-2/h5-12,17H,4H2,1-3H3,(H,21,23). The van der Waals surface area contributed by atoms with Gasteiger partial charge in [-0.2, -0.15) is 0 Å². The molecule has 28 heavy (non-hydrogen) atoms. The maximum absolute atomic E-state index is 12.8. The Balaban J connectivity index is 2.30. The van der Waals surface area contributed by atoms with Crippen LogP contribution in [0.4, 0.5) is 11.4 Å². The van der Waals surface area contributed by atoms with E-state index in [9.17, 15) is 18.0 Å². The van der Waals surface area contributed by atoms with E-state index in [1.165, 1.54) is 25.3 Å². The number of rotatable bonds is 7. The minimum Gasteiger partial charge on any atom is -0.465 e. The second kappa shape index (κ2) is 9.07. The zero-order valence-electron chi connectivity index (χ0n) is 15.7. The normalized spacial score (nSPS) is 12.1. The molecule has 1 atom stereocenters. The Morgan fingerprint density at radius 3 is 2.32 bits per heavy atom. The number of nitrogens with one attached hydrogen (secondary N) is 1. The van der Waals surface area contributed by atoms with Gasteiger partial charge in [-0.1, -0.05) is 24.6 Å². The van der Waals surface area contributed by atoms with Crippen molar-refractivity contribution in [3.05, 3.63) is 59.1 Å². The van der Waals surface area contributed by atoms with E-state index in [4.69, 9.17) is 11.6 Å². The number of carbonyl (C=O) groups is 2. The number of halogens is 1. The predicted octanol–water partition coefficient (Wildman–Crippen LogP) is 3.31. The van der Waals surface area contributed by atoms with Crippen LogP contribution in [0.15, 0.2) is 48.5 Å². The maximum atomic E-state index is 12.8. The van der Waals surface area contributed by atoms with Crippen molar-refractivity contribution in [2.75, 3.05) is 23.0 Å². The van der Waals surface area contributed by atoms with Crippen molar-refractivity contribution in [3.63, 3.8) is 0 Å². The number of hydrogen-bond donors (Lipinski definition) is 1. The number of carbonyl (C=O) groups excluding carboxylic acids is 2. The molecule has 1 amide bonds. The summed E-state index contributed by atoms with van der Waals surface area (Å²) in [7, 11) is -2.47. The van der Waals surface area contributed by atoms with Gasteiger partial charge in [0.05, 0.1) is 24.6 Å². The van der Waals surface area contributed by atoms with Crippen LogP contribution in [-0.2, 0) is 19.6 Å². The Kier molecular flexibility index (Phi) is 7.04. The molecule has 0 saturated heterocycles. The molecule has 0 aliphatic heterocycles. The van der Waals surface area contributed by atoms with E-state index in [-0.39, 0.29) is 6.42 Å². The van der Waals surface area contributed by atoms with Crippen molar-refractivity contribution in [3.8, 4) is 0 Å². The number of amides is 1. The fraction of sp³-hybridized carbons (Fsp3) is 0.263. The topological polar surface area (TPSA) is 92.8 Å². The van der Waals surface area contributed by atoms with Crippen LogP contribution in [0, 0.1) is 0 Å². The molecule has 0 spiro atoms. The molecule has 0 bridgehead atoms. The molecule has 0 radical (unpaired) electrons. The summed E-state index contributed by atoms with van der Waals surface area (Å²) in [6.07, 6.45) is 1.28. The van der Waals surface area contributed by atoms with Gasteiger partial charge < -0.3 is 10.1 Å². The Bertz CT molecular complexity index is 961. The number of sulfonamides is 1. The first kappa shape index (κ1) is 21.7. The zero-order chi connectivity index (χ0) is 20.9. The highest BCUT2D eigenvalue weighted by molar-refractivity contribution is 7.92. The van der Waals surface area contributed by atoms with Crippen molar-refractivity contribution in [2.24, 2.45) is 0 Å². The number of esters is 1. The molecule has 2 aromatic rings. The fourth-order valence-electron chi connectivity index (χ4n) is 2.71. The summed E-state index contributed by atoms with van der Waals surface area (Å²) >= 11 is 5.99. The Morgan fingerprint density at radius 1 is 1.18 bits per heavy atom. The van der Waals surface area contributed by atoms with Gasteiger partial charge in [-0.05, 0) is 48.9 Å². The molecule has 0 heterocycles. The van der Waals surface area contributed by atoms with Gasteiger partial charge >= 0.3 is 5.97 Å². The Morgan fingerprint density at radius 2 is 1.82 bits per heavy atom. The molecule has 2 aromatic carbocycles. The van der Waals surface area contributed by atoms with E-state index >= 15 is 0 Å². The summed E-state index contributed by atoms with van der Waals surface area (Å²) in [5.41, 5.74) is 1.07. The van der Waals surface area contributed by atoms with E-state index in [1.807, 2.05) is 0 Å². The van der Waals surface area contributed by atoms with Gasteiger partial charge in [0.1, 0.15) is 6.04 Å². The van der Waals surface area contributed by atoms with Crippen LogP contribution >= 0.6 is 11.6 Å². The molecule has 7 nitrogen and oxygen atoms in total. The van der Waals surface area contributed by atoms with Gasteiger partial charge in [0.2, 0.25) is 15.9 Å². The van der Waals surface area contributed by atoms with Crippen LogP contribution in [-0.4, -0.2) is 39.7 Å². The quantitative estimate of drug-likeness (QED) is 0.688. The Hall–Kier alpha value is -2.58. The summed E-state index contributed by atoms with van der Waals surface area (Å²) in [6.45, 7) is 1.72. The highest BCUT2D eigenvalue weighted by Gasteiger charge is 2.31. The molecular weight excluding hydrogens is 404 g/mol. The monoisotopic (exact) mass is 424 g/mol. The molecule has 0 aliphatic carbocycles. The third kappa shape index (κ3) is 5.24. The summed E-state index contributed by atoms with van der Waals surface area (Å²) in [5, 5.41) is 3.04. The number of ether oxygens (including phenoxy) is 1. The van der Waals surface area contributed by atoms with E-state index in [1.54, 1.807) is 37.3 Å². The first-order valence-electron chi connectivity index (χ1n) is 8.41. The van der Waals surface area contributed by atoms with Gasteiger partial charge in [-0.15, -0.1) is 0 Å². The summed E-state index contributed by atoms with van der Waals surface area (Å²) < 4.78 is 30.5. The molecule has 150 valence electrons. The van der Waals surface area contributed by atoms with Gasteiger partial charge in [0.25, 0.3) is 0 Å². The molecule has 0 fully saturated rings. The lowest BCUT2D eigenvalue weighted by Crippen LogP contribution is -2.47. The molecular formula is C19H21ClN2O5S. The maximum Gasteiger partial charge on any atom is 0.337 e. The number of nitrogens with zero attached hydrogens (tertiary/aromatic N) is 1. The lowest BCUT2D eigenvalue weighted by atomic mass is 10.1. The first-order valence-corrected chi connectivity index (χ1v) is 10.6. The molecule has 0 aliphatic rings. The highest BCUT2D eigenvalue weighted by atomic mass is 35.5. The van der Waals surface area contributed by atoms with Crippen LogP contribution in [0.5, 0.6) is 0 Å². The van der Waals surface area contributed by atoms with Crippen molar-refractivity contribution < 1.29 is 22.7 Å². The molecule has 1 N–H and O–H groups in total. The van der Waals surface area contributed by atoms with Crippen molar-refractivity contribution in [1.29, 1.82) is 0 Å². The van der Waals surface area contributed by atoms with Gasteiger partial charge in [0.15, 0.2) is 0 Å². The van der Waals surface area contributed by atoms with Crippen LogP contribution in [0.3, 0.4) is 0 Å². The van der Waals surface area contributed by atoms with Gasteiger partial charge in [-0.3, -0.25) is 9.10 Å². The van der Waals surface area contributed by atoms with Crippen LogP contribution in [0.25, 0.3) is 0 Å². The van der Waals surface area contributed by atoms with Crippen LogP contribution < -0.4 is 9.62 Å². The highest BCUT2D eigenvalue weighted by Crippen LogP contribution is 2.26. The largest absolute Gasteiger partial charge is 0.465 e. The lowest BCUT2D eigenvalue weighted by molar-refractivity contribution is -0.117. The molecule has 1 unspecified atom stereocenters. The third-order valence-corrected chi connectivity index (χ3v) is 5.38.